The lowest BCUT2D eigenvalue weighted by Crippen LogP contribution is -2.15. The molecule has 0 aromatic heterocycles. The zero-order chi connectivity index (χ0) is 16.3. The van der Waals surface area contributed by atoms with E-state index >= 15 is 0 Å². The van der Waals surface area contributed by atoms with Gasteiger partial charge >= 0.3 is 0 Å². The van der Waals surface area contributed by atoms with Crippen molar-refractivity contribution in [1.82, 2.24) is 0 Å². The topological polar surface area (TPSA) is 46.2 Å². The summed E-state index contributed by atoms with van der Waals surface area (Å²) in [6.07, 6.45) is 0. The van der Waals surface area contributed by atoms with Crippen molar-refractivity contribution in [3.05, 3.63) is 53.6 Å². The number of halogens is 2. The van der Waals surface area contributed by atoms with Gasteiger partial charge in [-0.1, -0.05) is 41.6 Å². The fraction of sp³-hybridized carbons (Fsp3) is 0.200. The third-order valence-electron chi connectivity index (χ3n) is 2.97. The van der Waals surface area contributed by atoms with Crippen molar-refractivity contribution in [2.75, 3.05) is 4.72 Å². The van der Waals surface area contributed by atoms with E-state index in [2.05, 4.69) is 4.72 Å². The summed E-state index contributed by atoms with van der Waals surface area (Å²) in [6, 6.07) is 11.1. The molecule has 0 saturated heterocycles. The number of nitrogens with one attached hydrogen (secondary N) is 1. The zero-order valence-electron chi connectivity index (χ0n) is 12.0. The Labute approximate surface area is 132 Å². The number of anilines is 1. The molecule has 3 nitrogen and oxygen atoms in total. The highest BCUT2D eigenvalue weighted by molar-refractivity contribution is 7.99. The average molecular weight is 343 g/mol. The molecule has 0 aliphatic heterocycles. The zero-order valence-corrected chi connectivity index (χ0v) is 13.6. The molecule has 0 atom stereocenters. The third kappa shape index (κ3) is 3.98. The Kier molecular flexibility index (Phi) is 5.08. The molecule has 118 valence electrons. The van der Waals surface area contributed by atoms with E-state index in [1.807, 2.05) is 6.92 Å². The van der Waals surface area contributed by atoms with E-state index in [4.69, 9.17) is 0 Å². The fourth-order valence-corrected chi connectivity index (χ4v) is 4.02. The minimum atomic E-state index is -3.83. The number of para-hydroxylation sites is 1. The lowest BCUT2D eigenvalue weighted by Gasteiger charge is -2.13. The first-order valence-electron chi connectivity index (χ1n) is 6.43. The van der Waals surface area contributed by atoms with Crippen molar-refractivity contribution in [1.29, 1.82) is 0 Å². The molecule has 0 unspecified atom stereocenters. The van der Waals surface area contributed by atoms with Gasteiger partial charge in [0.15, 0.2) is 0 Å². The van der Waals surface area contributed by atoms with Crippen molar-refractivity contribution in [2.24, 2.45) is 0 Å². The number of rotatable bonds is 5. The van der Waals surface area contributed by atoms with Gasteiger partial charge in [-0.15, -0.1) is 0 Å². The van der Waals surface area contributed by atoms with E-state index < -0.39 is 15.8 Å². The number of hydrogen-bond donors (Lipinski definition) is 1. The lowest BCUT2D eigenvalue weighted by molar-refractivity contribution is 0.252. The van der Waals surface area contributed by atoms with Crippen molar-refractivity contribution in [3.8, 4) is 0 Å². The highest BCUT2D eigenvalue weighted by Gasteiger charge is 2.19. The van der Waals surface area contributed by atoms with Crippen LogP contribution < -0.4 is 4.72 Å². The maximum absolute atomic E-state index is 12.6. The Bertz CT molecular complexity index is 777. The van der Waals surface area contributed by atoms with Crippen LogP contribution in [0, 0.1) is 13.8 Å². The summed E-state index contributed by atoms with van der Waals surface area (Å²) in [4.78, 5) is 0.320. The van der Waals surface area contributed by atoms with Gasteiger partial charge in [-0.05, 0) is 37.6 Å². The molecule has 0 spiro atoms. The monoisotopic (exact) mass is 343 g/mol. The third-order valence-corrected chi connectivity index (χ3v) is 5.28. The molecule has 0 heterocycles. The molecule has 7 heteroatoms. The summed E-state index contributed by atoms with van der Waals surface area (Å²) in [5.41, 5.74) is 1.70. The predicted molar refractivity (Wildman–Crippen MR) is 85.0 cm³/mol. The highest BCUT2D eigenvalue weighted by atomic mass is 32.2. The molecule has 0 saturated carbocycles. The molecule has 2 aromatic rings. The number of aryl methyl sites for hydroxylation is 2. The molecule has 2 rings (SSSR count). The Hall–Kier alpha value is -1.60. The molecular weight excluding hydrogens is 328 g/mol. The Morgan fingerprint density at radius 3 is 2.41 bits per heavy atom. The van der Waals surface area contributed by atoms with Gasteiger partial charge in [0.2, 0.25) is 0 Å². The van der Waals surface area contributed by atoms with E-state index in [0.29, 0.717) is 17.3 Å². The van der Waals surface area contributed by atoms with Crippen LogP contribution in [0.15, 0.2) is 52.3 Å². The second-order valence-electron chi connectivity index (χ2n) is 4.75. The first-order valence-corrected chi connectivity index (χ1v) is 8.80. The van der Waals surface area contributed by atoms with Crippen LogP contribution >= 0.6 is 11.8 Å². The minimum absolute atomic E-state index is 0.134. The van der Waals surface area contributed by atoms with Crippen molar-refractivity contribution >= 4 is 27.5 Å². The van der Waals surface area contributed by atoms with E-state index in [1.165, 1.54) is 18.2 Å². The van der Waals surface area contributed by atoms with Gasteiger partial charge in [-0.25, -0.2) is 8.42 Å². The van der Waals surface area contributed by atoms with Crippen LogP contribution in [-0.2, 0) is 10.0 Å². The normalized spacial score (nSPS) is 11.7. The lowest BCUT2D eigenvalue weighted by atomic mass is 10.2. The van der Waals surface area contributed by atoms with Crippen LogP contribution in [0.5, 0.6) is 0 Å². The molecule has 0 amide bonds. The van der Waals surface area contributed by atoms with Crippen LogP contribution in [0.1, 0.15) is 11.1 Å². The molecule has 22 heavy (non-hydrogen) atoms. The Morgan fingerprint density at radius 2 is 1.77 bits per heavy atom. The van der Waals surface area contributed by atoms with E-state index in [9.17, 15) is 17.2 Å². The molecular formula is C15H15F2NO2S2. The van der Waals surface area contributed by atoms with Crippen LogP contribution in [-0.4, -0.2) is 14.2 Å². The van der Waals surface area contributed by atoms with Gasteiger partial charge < -0.3 is 0 Å². The summed E-state index contributed by atoms with van der Waals surface area (Å²) >= 11 is 0.307. The van der Waals surface area contributed by atoms with Gasteiger partial charge in [0, 0.05) is 4.90 Å². The Balaban J connectivity index is 2.37. The number of benzene rings is 2. The van der Waals surface area contributed by atoms with Gasteiger partial charge in [0.25, 0.3) is 15.8 Å². The highest BCUT2D eigenvalue weighted by Crippen LogP contribution is 2.33. The van der Waals surface area contributed by atoms with E-state index in [1.54, 1.807) is 31.2 Å². The summed E-state index contributed by atoms with van der Waals surface area (Å²) < 4.78 is 52.4. The van der Waals surface area contributed by atoms with E-state index in [0.717, 1.165) is 5.56 Å². The number of thioether (sulfide) groups is 1. The second-order valence-corrected chi connectivity index (χ2v) is 7.43. The molecule has 0 aliphatic rings. The van der Waals surface area contributed by atoms with Gasteiger partial charge in [0.1, 0.15) is 0 Å². The minimum Gasteiger partial charge on any atom is -0.278 e. The number of hydrogen-bond acceptors (Lipinski definition) is 3. The Morgan fingerprint density at radius 1 is 1.09 bits per heavy atom. The quantitative estimate of drug-likeness (QED) is 0.818. The standard InChI is InChI=1S/C15H15F2NO2S2/c1-10-7-8-14(11(2)9-10)22(19,20)18-12-5-3-4-6-13(12)21-15(16)17/h3-9,15,18H,1-2H3. The van der Waals surface area contributed by atoms with Crippen LogP contribution in [0.2, 0.25) is 0 Å². The maximum Gasteiger partial charge on any atom is 0.288 e. The van der Waals surface area contributed by atoms with E-state index in [-0.39, 0.29) is 15.5 Å². The molecule has 0 aliphatic carbocycles. The first kappa shape index (κ1) is 16.8. The number of sulfonamides is 1. The average Bonchev–Trinajstić information content (AvgIpc) is 2.39. The molecule has 1 N–H and O–H groups in total. The molecule has 2 aromatic carbocycles. The fourth-order valence-electron chi connectivity index (χ4n) is 2.05. The summed E-state index contributed by atoms with van der Waals surface area (Å²) in [6.45, 7) is 3.56. The molecule has 0 radical (unpaired) electrons. The summed E-state index contributed by atoms with van der Waals surface area (Å²) in [5.74, 6) is -2.62. The maximum atomic E-state index is 12.6. The van der Waals surface area contributed by atoms with Crippen molar-refractivity contribution in [3.63, 3.8) is 0 Å². The summed E-state index contributed by atoms with van der Waals surface area (Å²) in [7, 11) is -3.83. The van der Waals surface area contributed by atoms with Gasteiger partial charge in [-0.3, -0.25) is 4.72 Å². The first-order chi connectivity index (χ1) is 10.3. The largest absolute Gasteiger partial charge is 0.288 e. The van der Waals surface area contributed by atoms with Gasteiger partial charge in [-0.2, -0.15) is 8.78 Å². The summed E-state index contributed by atoms with van der Waals surface area (Å²) in [5, 5.41) is 0. The number of alkyl halides is 2. The molecule has 0 fully saturated rings. The molecule has 0 bridgehead atoms. The van der Waals surface area contributed by atoms with Gasteiger partial charge in [0.05, 0.1) is 10.6 Å². The van der Waals surface area contributed by atoms with Crippen LogP contribution in [0.25, 0.3) is 0 Å². The SMILES string of the molecule is Cc1ccc(S(=O)(=O)Nc2ccccc2SC(F)F)c(C)c1. The van der Waals surface area contributed by atoms with Crippen LogP contribution in [0.4, 0.5) is 14.5 Å². The van der Waals surface area contributed by atoms with Crippen LogP contribution in [0.3, 0.4) is 0 Å². The van der Waals surface area contributed by atoms with Crippen molar-refractivity contribution < 1.29 is 17.2 Å². The second kappa shape index (κ2) is 6.66. The van der Waals surface area contributed by atoms with Crippen molar-refractivity contribution in [2.45, 2.75) is 29.4 Å². The predicted octanol–water partition coefficient (Wildman–Crippen LogP) is 4.42. The smallest absolute Gasteiger partial charge is 0.278 e.